The van der Waals surface area contributed by atoms with Gasteiger partial charge in [-0.15, -0.1) is 0 Å². The van der Waals surface area contributed by atoms with Gasteiger partial charge in [0.1, 0.15) is 0 Å². The third-order valence-electron chi connectivity index (χ3n) is 4.75. The van der Waals surface area contributed by atoms with E-state index >= 15 is 0 Å². The van der Waals surface area contributed by atoms with Crippen molar-refractivity contribution in [1.82, 2.24) is 0 Å². The van der Waals surface area contributed by atoms with Crippen LogP contribution < -0.4 is 5.46 Å². The van der Waals surface area contributed by atoms with Crippen molar-refractivity contribution in [3.05, 3.63) is 29.8 Å². The van der Waals surface area contributed by atoms with Crippen LogP contribution in [0, 0.1) is 0 Å². The highest BCUT2D eigenvalue weighted by Crippen LogP contribution is 2.21. The van der Waals surface area contributed by atoms with Crippen molar-refractivity contribution in [2.45, 2.75) is 45.4 Å². The smallest absolute Gasteiger partial charge is 0.467 e. The van der Waals surface area contributed by atoms with E-state index < -0.39 is 40.1 Å². The van der Waals surface area contributed by atoms with Gasteiger partial charge in [-0.2, -0.15) is 0 Å². The Balaban J connectivity index is 2.07. The van der Waals surface area contributed by atoms with E-state index in [1.807, 2.05) is 45.0 Å². The summed E-state index contributed by atoms with van der Waals surface area (Å²) in [7, 11) is -1.16. The van der Waals surface area contributed by atoms with Crippen LogP contribution in [-0.4, -0.2) is 74.1 Å². The molecule has 31 heavy (non-hydrogen) atoms. The third kappa shape index (κ3) is 6.61. The van der Waals surface area contributed by atoms with Gasteiger partial charge in [-0.05, 0) is 38.2 Å². The summed E-state index contributed by atoms with van der Waals surface area (Å²) in [6.07, 6.45) is -1.65. The number of esters is 2. The quantitative estimate of drug-likeness (QED) is 0.340. The molecule has 0 aliphatic carbocycles. The van der Waals surface area contributed by atoms with Gasteiger partial charge in [0.15, 0.2) is 12.2 Å². The molecule has 1 aliphatic rings. The van der Waals surface area contributed by atoms with Gasteiger partial charge in [-0.3, -0.25) is 0 Å². The molecular weight excluding hydrogens is 423 g/mol. The Hall–Kier alpha value is -1.76. The molecular formula is C20H31BO9Si. The first-order chi connectivity index (χ1) is 14.9. The zero-order valence-electron chi connectivity index (χ0n) is 18.8. The molecule has 0 spiro atoms. The van der Waals surface area contributed by atoms with Crippen molar-refractivity contribution in [2.24, 2.45) is 0 Å². The SMILES string of the molecule is CCO[Si](CCc1ccc(B2O[C@@H](C(=O)OC)[C@H](C(=O)OC)O2)cc1)(OCC)OCC. The van der Waals surface area contributed by atoms with Gasteiger partial charge >= 0.3 is 27.9 Å². The van der Waals surface area contributed by atoms with Gasteiger partial charge in [0.25, 0.3) is 0 Å². The van der Waals surface area contributed by atoms with Gasteiger partial charge in [0, 0.05) is 25.9 Å². The summed E-state index contributed by atoms with van der Waals surface area (Å²) in [5.41, 5.74) is 1.73. The summed E-state index contributed by atoms with van der Waals surface area (Å²) >= 11 is 0. The molecule has 1 aliphatic heterocycles. The average molecular weight is 454 g/mol. The summed E-state index contributed by atoms with van der Waals surface area (Å²) in [6, 6.07) is 8.19. The average Bonchev–Trinajstić information content (AvgIpc) is 3.23. The van der Waals surface area contributed by atoms with Crippen LogP contribution in [0.25, 0.3) is 0 Å². The number of carbonyl (C=O) groups excluding carboxylic acids is 2. The summed E-state index contributed by atoms with van der Waals surface area (Å²) in [5.74, 6) is -1.39. The van der Waals surface area contributed by atoms with Crippen molar-refractivity contribution >= 4 is 33.3 Å². The molecule has 0 unspecified atom stereocenters. The Kier molecular flexibility index (Phi) is 10.1. The second-order valence-electron chi connectivity index (χ2n) is 6.72. The lowest BCUT2D eigenvalue weighted by atomic mass is 9.79. The Morgan fingerprint density at radius 3 is 1.71 bits per heavy atom. The lowest BCUT2D eigenvalue weighted by Gasteiger charge is -2.28. The van der Waals surface area contributed by atoms with Crippen molar-refractivity contribution < 1.29 is 41.6 Å². The number of carbonyl (C=O) groups is 2. The second-order valence-corrected chi connectivity index (χ2v) is 9.45. The fraction of sp³-hybridized carbons (Fsp3) is 0.600. The van der Waals surface area contributed by atoms with Crippen LogP contribution in [-0.2, 0) is 48.1 Å². The fourth-order valence-electron chi connectivity index (χ4n) is 3.33. The maximum atomic E-state index is 11.9. The van der Waals surface area contributed by atoms with E-state index in [1.54, 1.807) is 0 Å². The maximum absolute atomic E-state index is 11.9. The van der Waals surface area contributed by atoms with E-state index in [-0.39, 0.29) is 0 Å². The van der Waals surface area contributed by atoms with Crippen LogP contribution in [0.1, 0.15) is 26.3 Å². The monoisotopic (exact) mass is 454 g/mol. The molecule has 0 bridgehead atoms. The van der Waals surface area contributed by atoms with Gasteiger partial charge in [0.05, 0.1) is 14.2 Å². The lowest BCUT2D eigenvalue weighted by molar-refractivity contribution is -0.160. The van der Waals surface area contributed by atoms with Crippen molar-refractivity contribution in [1.29, 1.82) is 0 Å². The molecule has 0 aromatic heterocycles. The van der Waals surface area contributed by atoms with Crippen LogP contribution in [0.2, 0.25) is 6.04 Å². The molecule has 9 nitrogen and oxygen atoms in total. The predicted octanol–water partition coefficient (Wildman–Crippen LogP) is 1.10. The minimum absolute atomic E-state index is 0.532. The van der Waals surface area contributed by atoms with Crippen LogP contribution in [0.3, 0.4) is 0 Å². The summed E-state index contributed by atoms with van der Waals surface area (Å²) in [4.78, 5) is 23.9. The van der Waals surface area contributed by atoms with Gasteiger partial charge < -0.3 is 32.1 Å². The molecule has 1 aromatic carbocycles. The largest absolute Gasteiger partial charge is 0.501 e. The number of ether oxygens (including phenoxy) is 2. The highest BCUT2D eigenvalue weighted by molar-refractivity contribution is 6.62. The second kappa shape index (κ2) is 12.3. The van der Waals surface area contributed by atoms with E-state index in [4.69, 9.17) is 32.1 Å². The molecule has 2 atom stereocenters. The fourth-order valence-corrected chi connectivity index (χ4v) is 5.93. The van der Waals surface area contributed by atoms with Crippen LogP contribution in [0.4, 0.5) is 0 Å². The van der Waals surface area contributed by atoms with Crippen LogP contribution in [0.15, 0.2) is 24.3 Å². The zero-order chi connectivity index (χ0) is 22.9. The topological polar surface area (TPSA) is 98.8 Å². The summed E-state index contributed by atoms with van der Waals surface area (Å²) in [6.45, 7) is 7.39. The molecule has 172 valence electrons. The van der Waals surface area contributed by atoms with Gasteiger partial charge in [0.2, 0.25) is 0 Å². The van der Waals surface area contributed by atoms with E-state index in [0.29, 0.717) is 37.7 Å². The molecule has 1 aromatic rings. The zero-order valence-corrected chi connectivity index (χ0v) is 19.8. The molecule has 2 rings (SSSR count). The number of benzene rings is 1. The predicted molar refractivity (Wildman–Crippen MR) is 115 cm³/mol. The minimum atomic E-state index is -2.72. The highest BCUT2D eigenvalue weighted by Gasteiger charge is 2.49. The Labute approximate surface area is 184 Å². The van der Waals surface area contributed by atoms with Crippen LogP contribution in [0.5, 0.6) is 0 Å². The molecule has 0 saturated carbocycles. The molecule has 1 heterocycles. The van der Waals surface area contributed by atoms with Gasteiger partial charge in [-0.25, -0.2) is 9.59 Å². The Morgan fingerprint density at radius 1 is 0.871 bits per heavy atom. The normalized spacial score (nSPS) is 18.8. The Bertz CT molecular complexity index is 674. The first-order valence-corrected chi connectivity index (χ1v) is 12.3. The summed E-state index contributed by atoms with van der Waals surface area (Å²) < 4.78 is 38.4. The third-order valence-corrected chi connectivity index (χ3v) is 7.79. The number of rotatable bonds is 12. The first-order valence-electron chi connectivity index (χ1n) is 10.4. The van der Waals surface area contributed by atoms with E-state index in [0.717, 1.165) is 5.56 Å². The van der Waals surface area contributed by atoms with Gasteiger partial charge in [-0.1, -0.05) is 24.3 Å². The maximum Gasteiger partial charge on any atom is 0.501 e. The van der Waals surface area contributed by atoms with E-state index in [9.17, 15) is 9.59 Å². The minimum Gasteiger partial charge on any atom is -0.467 e. The van der Waals surface area contributed by atoms with Crippen LogP contribution >= 0.6 is 0 Å². The molecule has 0 N–H and O–H groups in total. The first kappa shape index (κ1) is 25.5. The molecule has 11 heteroatoms. The number of hydrogen-bond acceptors (Lipinski definition) is 9. The van der Waals surface area contributed by atoms with E-state index in [2.05, 4.69) is 0 Å². The standard InChI is InChI=1S/C20H31BO9Si/c1-6-26-31(27-7-2,28-8-3)14-13-15-9-11-16(12-10-15)21-29-17(19(22)24-4)18(30-21)20(23)25-5/h9-12,17-18H,6-8,13-14H2,1-5H3/t17-,18-/m1/s1. The molecule has 1 saturated heterocycles. The lowest BCUT2D eigenvalue weighted by Crippen LogP contribution is -2.46. The van der Waals surface area contributed by atoms with Crippen molar-refractivity contribution in [3.8, 4) is 0 Å². The summed E-state index contributed by atoms with van der Waals surface area (Å²) in [5, 5.41) is 0. The van der Waals surface area contributed by atoms with E-state index in [1.165, 1.54) is 14.2 Å². The molecule has 0 amide bonds. The number of aryl methyl sites for hydroxylation is 1. The van der Waals surface area contributed by atoms with Crippen molar-refractivity contribution in [2.75, 3.05) is 34.0 Å². The number of methoxy groups -OCH3 is 2. The molecule has 0 radical (unpaired) electrons. The molecule has 1 fully saturated rings. The Morgan fingerprint density at radius 2 is 1.32 bits per heavy atom. The highest BCUT2D eigenvalue weighted by atomic mass is 28.4. The van der Waals surface area contributed by atoms with Crippen molar-refractivity contribution in [3.63, 3.8) is 0 Å². The number of hydrogen-bond donors (Lipinski definition) is 0.